The van der Waals surface area contributed by atoms with Crippen LogP contribution < -0.4 is 0 Å². The Morgan fingerprint density at radius 1 is 1.42 bits per heavy atom. The first-order valence-corrected chi connectivity index (χ1v) is 4.48. The molecule has 0 saturated carbocycles. The highest BCUT2D eigenvalue weighted by Crippen LogP contribution is 1.83. The molecule has 74 valence electrons. The van der Waals surface area contributed by atoms with E-state index in [2.05, 4.69) is 0 Å². The number of nitrogens with zero attached hydrogens (tertiary/aromatic N) is 1. The van der Waals surface area contributed by atoms with E-state index in [1.165, 1.54) is 0 Å². The van der Waals surface area contributed by atoms with Gasteiger partial charge in [0.2, 0.25) is 5.91 Å². The summed E-state index contributed by atoms with van der Waals surface area (Å²) in [5.74, 6) is 0.0831. The van der Waals surface area contributed by atoms with Gasteiger partial charge in [0, 0.05) is 27.1 Å². The standard InChI is InChI=1S/C7H15NO2.C2H6/c1-4-10-6-5-8(3)7(2)9;1-2/h4-6H2,1-3H3;1-2H3. The number of likely N-dealkylation sites (N-methyl/N-ethyl adjacent to an activating group) is 1. The number of amides is 1. The topological polar surface area (TPSA) is 29.5 Å². The van der Waals surface area contributed by atoms with Crippen LogP contribution in [0.1, 0.15) is 27.7 Å². The molecule has 0 rings (SSSR count). The molecule has 0 bridgehead atoms. The highest BCUT2D eigenvalue weighted by molar-refractivity contribution is 5.72. The highest BCUT2D eigenvalue weighted by atomic mass is 16.5. The first-order valence-electron chi connectivity index (χ1n) is 4.48. The first kappa shape index (κ1) is 14.0. The number of ether oxygens (including phenoxy) is 1. The van der Waals surface area contributed by atoms with Crippen molar-refractivity contribution < 1.29 is 9.53 Å². The Balaban J connectivity index is 0. The molecule has 0 fully saturated rings. The van der Waals surface area contributed by atoms with E-state index >= 15 is 0 Å². The van der Waals surface area contributed by atoms with E-state index in [1.807, 2.05) is 20.8 Å². The molecule has 3 heteroatoms. The maximum atomic E-state index is 10.6. The van der Waals surface area contributed by atoms with Crippen LogP contribution in [0.15, 0.2) is 0 Å². The number of carbonyl (C=O) groups is 1. The Bertz CT molecular complexity index is 105. The molecule has 0 atom stereocenters. The summed E-state index contributed by atoms with van der Waals surface area (Å²) in [6.45, 7) is 9.52. The van der Waals surface area contributed by atoms with Crippen LogP contribution in [0.4, 0.5) is 0 Å². The molecule has 0 aliphatic heterocycles. The molecule has 0 unspecified atom stereocenters. The van der Waals surface area contributed by atoms with E-state index in [-0.39, 0.29) is 5.91 Å². The van der Waals surface area contributed by atoms with E-state index in [0.29, 0.717) is 19.8 Å². The summed E-state index contributed by atoms with van der Waals surface area (Å²) >= 11 is 0. The van der Waals surface area contributed by atoms with Crippen molar-refractivity contribution in [2.75, 3.05) is 26.8 Å². The van der Waals surface area contributed by atoms with Crippen LogP contribution in [-0.4, -0.2) is 37.6 Å². The third-order valence-electron chi connectivity index (χ3n) is 1.31. The van der Waals surface area contributed by atoms with Crippen molar-refractivity contribution in [3.8, 4) is 0 Å². The van der Waals surface area contributed by atoms with Crippen molar-refractivity contribution in [2.24, 2.45) is 0 Å². The zero-order valence-corrected chi connectivity index (χ0v) is 8.89. The summed E-state index contributed by atoms with van der Waals surface area (Å²) in [4.78, 5) is 12.2. The Hall–Kier alpha value is -0.570. The summed E-state index contributed by atoms with van der Waals surface area (Å²) in [5.41, 5.74) is 0. The minimum atomic E-state index is 0.0831. The average molecular weight is 175 g/mol. The van der Waals surface area contributed by atoms with Gasteiger partial charge < -0.3 is 9.64 Å². The van der Waals surface area contributed by atoms with Gasteiger partial charge >= 0.3 is 0 Å². The van der Waals surface area contributed by atoms with Crippen molar-refractivity contribution in [1.82, 2.24) is 4.90 Å². The molecule has 1 amide bonds. The van der Waals surface area contributed by atoms with Gasteiger partial charge in [0.15, 0.2) is 0 Å². The number of rotatable bonds is 4. The van der Waals surface area contributed by atoms with Crippen molar-refractivity contribution in [3.63, 3.8) is 0 Å². The maximum Gasteiger partial charge on any atom is 0.219 e. The van der Waals surface area contributed by atoms with Crippen LogP contribution in [0, 0.1) is 0 Å². The summed E-state index contributed by atoms with van der Waals surface area (Å²) in [7, 11) is 1.77. The van der Waals surface area contributed by atoms with E-state index in [1.54, 1.807) is 18.9 Å². The van der Waals surface area contributed by atoms with Crippen molar-refractivity contribution in [3.05, 3.63) is 0 Å². The smallest absolute Gasteiger partial charge is 0.219 e. The molecule has 0 aliphatic carbocycles. The zero-order valence-electron chi connectivity index (χ0n) is 8.89. The lowest BCUT2D eigenvalue weighted by atomic mass is 10.5. The summed E-state index contributed by atoms with van der Waals surface area (Å²) < 4.78 is 5.06. The van der Waals surface area contributed by atoms with Crippen LogP contribution in [0.3, 0.4) is 0 Å². The lowest BCUT2D eigenvalue weighted by Gasteiger charge is -2.13. The fourth-order valence-corrected chi connectivity index (χ4v) is 0.503. The van der Waals surface area contributed by atoms with E-state index in [4.69, 9.17) is 4.74 Å². The normalized spacial score (nSPS) is 8.42. The second-order valence-electron chi connectivity index (χ2n) is 2.14. The number of hydrogen-bond donors (Lipinski definition) is 0. The van der Waals surface area contributed by atoms with E-state index in [0.717, 1.165) is 0 Å². The van der Waals surface area contributed by atoms with Crippen molar-refractivity contribution in [1.29, 1.82) is 0 Å². The second-order valence-corrected chi connectivity index (χ2v) is 2.14. The predicted octanol–water partition coefficient (Wildman–Crippen LogP) is 1.53. The molecular weight excluding hydrogens is 154 g/mol. The van der Waals surface area contributed by atoms with Crippen molar-refractivity contribution in [2.45, 2.75) is 27.7 Å². The largest absolute Gasteiger partial charge is 0.380 e. The molecular formula is C9H21NO2. The van der Waals surface area contributed by atoms with Gasteiger partial charge in [-0.1, -0.05) is 13.8 Å². The summed E-state index contributed by atoms with van der Waals surface area (Å²) in [6.07, 6.45) is 0. The van der Waals surface area contributed by atoms with E-state index in [9.17, 15) is 4.79 Å². The third-order valence-corrected chi connectivity index (χ3v) is 1.31. The van der Waals surface area contributed by atoms with Gasteiger partial charge in [-0.25, -0.2) is 0 Å². The molecule has 0 aliphatic rings. The fraction of sp³-hybridized carbons (Fsp3) is 0.889. The van der Waals surface area contributed by atoms with Gasteiger partial charge in [-0.2, -0.15) is 0 Å². The number of hydrogen-bond acceptors (Lipinski definition) is 2. The van der Waals surface area contributed by atoms with Gasteiger partial charge in [-0.15, -0.1) is 0 Å². The van der Waals surface area contributed by atoms with Gasteiger partial charge in [-0.05, 0) is 6.92 Å². The quantitative estimate of drug-likeness (QED) is 0.606. The minimum Gasteiger partial charge on any atom is -0.380 e. The van der Waals surface area contributed by atoms with Crippen LogP contribution in [0.25, 0.3) is 0 Å². The molecule has 12 heavy (non-hydrogen) atoms. The van der Waals surface area contributed by atoms with Gasteiger partial charge in [0.1, 0.15) is 0 Å². The van der Waals surface area contributed by atoms with Gasteiger partial charge in [-0.3, -0.25) is 4.79 Å². The monoisotopic (exact) mass is 175 g/mol. The SMILES string of the molecule is CC.CCOCCN(C)C(C)=O. The molecule has 0 heterocycles. The molecule has 0 saturated heterocycles. The average Bonchev–Trinajstić information content (AvgIpc) is 2.08. The summed E-state index contributed by atoms with van der Waals surface area (Å²) in [5, 5.41) is 0. The molecule has 0 spiro atoms. The summed E-state index contributed by atoms with van der Waals surface area (Å²) in [6, 6.07) is 0. The van der Waals surface area contributed by atoms with Gasteiger partial charge in [0.25, 0.3) is 0 Å². The third kappa shape index (κ3) is 9.43. The number of carbonyl (C=O) groups excluding carboxylic acids is 1. The predicted molar refractivity (Wildman–Crippen MR) is 51.2 cm³/mol. The lowest BCUT2D eigenvalue weighted by molar-refractivity contribution is -0.128. The Morgan fingerprint density at radius 3 is 2.25 bits per heavy atom. The van der Waals surface area contributed by atoms with Crippen LogP contribution in [0.5, 0.6) is 0 Å². The highest BCUT2D eigenvalue weighted by Gasteiger charge is 1.99. The molecule has 0 aromatic carbocycles. The lowest BCUT2D eigenvalue weighted by Crippen LogP contribution is -2.27. The van der Waals surface area contributed by atoms with Crippen LogP contribution >= 0.6 is 0 Å². The van der Waals surface area contributed by atoms with Crippen LogP contribution in [0.2, 0.25) is 0 Å². The Kier molecular flexibility index (Phi) is 12.2. The Morgan fingerprint density at radius 2 is 1.92 bits per heavy atom. The van der Waals surface area contributed by atoms with Crippen molar-refractivity contribution >= 4 is 5.91 Å². The zero-order chi connectivity index (χ0) is 9.98. The van der Waals surface area contributed by atoms with Crippen LogP contribution in [-0.2, 0) is 9.53 Å². The molecule has 0 radical (unpaired) electrons. The van der Waals surface area contributed by atoms with Gasteiger partial charge in [0.05, 0.1) is 6.61 Å². The Labute approximate surface area is 75.7 Å². The fourth-order valence-electron chi connectivity index (χ4n) is 0.503. The second kappa shape index (κ2) is 10.4. The maximum absolute atomic E-state index is 10.6. The molecule has 3 nitrogen and oxygen atoms in total. The minimum absolute atomic E-state index is 0.0831. The molecule has 0 N–H and O–H groups in total. The first-order chi connectivity index (χ1) is 5.68. The molecule has 0 aromatic rings. The van der Waals surface area contributed by atoms with E-state index < -0.39 is 0 Å². The molecule has 0 aromatic heterocycles.